The Morgan fingerprint density at radius 2 is 2.18 bits per heavy atom. The molecule has 1 atom stereocenters. The Balaban J connectivity index is 2.37. The number of rotatable bonds is 8. The van der Waals surface area contributed by atoms with E-state index < -0.39 is 5.97 Å². The summed E-state index contributed by atoms with van der Waals surface area (Å²) in [5, 5.41) is 16.3. The van der Waals surface area contributed by atoms with Crippen LogP contribution >= 0.6 is 0 Å². The van der Waals surface area contributed by atoms with Gasteiger partial charge in [-0.2, -0.15) is 0 Å². The van der Waals surface area contributed by atoms with Gasteiger partial charge < -0.3 is 14.3 Å². The molecule has 0 aliphatic carbocycles. The van der Waals surface area contributed by atoms with Gasteiger partial charge in [-0.1, -0.05) is 13.8 Å². The van der Waals surface area contributed by atoms with Crippen molar-refractivity contribution in [3.05, 3.63) is 11.8 Å². The van der Waals surface area contributed by atoms with Crippen LogP contribution < -0.4 is 0 Å². The van der Waals surface area contributed by atoms with Gasteiger partial charge in [0.05, 0.1) is 0 Å². The third-order valence-electron chi connectivity index (χ3n) is 2.13. The third kappa shape index (κ3) is 5.44. The maximum absolute atomic E-state index is 10.5. The minimum atomic E-state index is -0.816. The number of carbonyl (C=O) groups is 1. The average Bonchev–Trinajstić information content (AvgIpc) is 2.64. The number of carboxylic acid groups (broad SMARTS) is 1. The van der Waals surface area contributed by atoms with Crippen molar-refractivity contribution in [2.75, 3.05) is 6.61 Å². The topological polar surface area (TPSA) is 85.5 Å². The van der Waals surface area contributed by atoms with Crippen LogP contribution in [-0.2, 0) is 22.6 Å². The van der Waals surface area contributed by atoms with Gasteiger partial charge in [-0.25, -0.2) is 0 Å². The zero-order chi connectivity index (χ0) is 12.7. The van der Waals surface area contributed by atoms with E-state index in [2.05, 4.69) is 10.2 Å². The van der Waals surface area contributed by atoms with E-state index in [9.17, 15) is 4.79 Å². The number of nitrogens with zero attached hydrogens (tertiary/aromatic N) is 2. The van der Waals surface area contributed by atoms with E-state index in [-0.39, 0.29) is 12.3 Å². The van der Waals surface area contributed by atoms with Gasteiger partial charge in [0, 0.05) is 19.4 Å². The molecule has 1 unspecified atom stereocenters. The summed E-state index contributed by atoms with van der Waals surface area (Å²) in [5.41, 5.74) is 0. The number of aliphatic carboxylic acids is 1. The van der Waals surface area contributed by atoms with Crippen molar-refractivity contribution in [3.8, 4) is 0 Å². The molecule has 0 fully saturated rings. The molecule has 0 aliphatic heterocycles. The molecule has 1 rings (SSSR count). The molecule has 0 aliphatic rings. The van der Waals surface area contributed by atoms with Crippen LogP contribution in [0.3, 0.4) is 0 Å². The van der Waals surface area contributed by atoms with Crippen LogP contribution in [-0.4, -0.2) is 27.9 Å². The summed E-state index contributed by atoms with van der Waals surface area (Å²) in [4.78, 5) is 10.5. The lowest BCUT2D eigenvalue weighted by Crippen LogP contribution is -2.07. The van der Waals surface area contributed by atoms with Crippen LogP contribution in [0.4, 0.5) is 0 Å². The van der Waals surface area contributed by atoms with Crippen molar-refractivity contribution in [2.24, 2.45) is 5.92 Å². The van der Waals surface area contributed by atoms with Crippen LogP contribution in [0.25, 0.3) is 0 Å². The van der Waals surface area contributed by atoms with E-state index in [1.54, 1.807) is 0 Å². The van der Waals surface area contributed by atoms with Gasteiger partial charge in [0.2, 0.25) is 11.8 Å². The SMILES string of the molecule is CCCOCc1nnc(CC(C)CC(=O)O)o1. The highest BCUT2D eigenvalue weighted by Gasteiger charge is 2.13. The second kappa shape index (κ2) is 7.01. The molecule has 0 radical (unpaired) electrons. The summed E-state index contributed by atoms with van der Waals surface area (Å²) in [6.45, 7) is 4.83. The molecule has 1 aromatic heterocycles. The Kier molecular flexibility index (Phi) is 5.62. The normalized spacial score (nSPS) is 12.6. The highest BCUT2D eigenvalue weighted by molar-refractivity contribution is 5.66. The van der Waals surface area contributed by atoms with Crippen molar-refractivity contribution >= 4 is 5.97 Å². The third-order valence-corrected chi connectivity index (χ3v) is 2.13. The second-order valence-corrected chi connectivity index (χ2v) is 4.05. The Morgan fingerprint density at radius 3 is 2.82 bits per heavy atom. The molecule has 0 amide bonds. The lowest BCUT2D eigenvalue weighted by atomic mass is 10.0. The van der Waals surface area contributed by atoms with Gasteiger partial charge in [-0.15, -0.1) is 10.2 Å². The van der Waals surface area contributed by atoms with Crippen LogP contribution in [0.1, 0.15) is 38.5 Å². The molecule has 96 valence electrons. The van der Waals surface area contributed by atoms with E-state index in [0.29, 0.717) is 31.4 Å². The lowest BCUT2D eigenvalue weighted by Gasteiger charge is -2.03. The van der Waals surface area contributed by atoms with E-state index in [0.717, 1.165) is 6.42 Å². The van der Waals surface area contributed by atoms with Crippen molar-refractivity contribution in [3.63, 3.8) is 0 Å². The maximum Gasteiger partial charge on any atom is 0.303 e. The zero-order valence-electron chi connectivity index (χ0n) is 10.2. The summed E-state index contributed by atoms with van der Waals surface area (Å²) in [6, 6.07) is 0. The first kappa shape index (κ1) is 13.6. The molecular formula is C11H18N2O4. The number of hydrogen-bond acceptors (Lipinski definition) is 5. The first-order valence-electron chi connectivity index (χ1n) is 5.72. The fraction of sp³-hybridized carbons (Fsp3) is 0.727. The van der Waals surface area contributed by atoms with Gasteiger partial charge in [0.1, 0.15) is 6.61 Å². The predicted molar refractivity (Wildman–Crippen MR) is 59.4 cm³/mol. The maximum atomic E-state index is 10.5. The van der Waals surface area contributed by atoms with Crippen molar-refractivity contribution in [1.82, 2.24) is 10.2 Å². The van der Waals surface area contributed by atoms with Gasteiger partial charge in [0.15, 0.2) is 0 Å². The summed E-state index contributed by atoms with van der Waals surface area (Å²) in [7, 11) is 0. The molecule has 0 saturated heterocycles. The highest BCUT2D eigenvalue weighted by atomic mass is 16.5. The monoisotopic (exact) mass is 242 g/mol. The summed E-state index contributed by atoms with van der Waals surface area (Å²) in [6.07, 6.45) is 1.52. The van der Waals surface area contributed by atoms with Gasteiger partial charge in [-0.3, -0.25) is 4.79 Å². The van der Waals surface area contributed by atoms with Crippen LogP contribution in [0, 0.1) is 5.92 Å². The van der Waals surface area contributed by atoms with Gasteiger partial charge in [-0.05, 0) is 12.3 Å². The summed E-state index contributed by atoms with van der Waals surface area (Å²) in [5.74, 6) is 0.0747. The minimum absolute atomic E-state index is 0.0163. The average molecular weight is 242 g/mol. The minimum Gasteiger partial charge on any atom is -0.481 e. The second-order valence-electron chi connectivity index (χ2n) is 4.05. The lowest BCUT2D eigenvalue weighted by molar-refractivity contribution is -0.137. The molecule has 0 bridgehead atoms. The van der Waals surface area contributed by atoms with Crippen molar-refractivity contribution in [2.45, 2.75) is 39.7 Å². The Hall–Kier alpha value is -1.43. The van der Waals surface area contributed by atoms with Crippen molar-refractivity contribution < 1.29 is 19.1 Å². The standard InChI is InChI=1S/C11H18N2O4/c1-3-4-16-7-10-13-12-9(17-10)5-8(2)6-11(14)15/h8H,3-7H2,1-2H3,(H,14,15). The number of hydrogen-bond donors (Lipinski definition) is 1. The fourth-order valence-corrected chi connectivity index (χ4v) is 1.40. The molecule has 1 aromatic rings. The zero-order valence-corrected chi connectivity index (χ0v) is 10.2. The van der Waals surface area contributed by atoms with Crippen LogP contribution in [0.15, 0.2) is 4.42 Å². The predicted octanol–water partition coefficient (Wildman–Crippen LogP) is 1.65. The van der Waals surface area contributed by atoms with E-state index >= 15 is 0 Å². The molecular weight excluding hydrogens is 224 g/mol. The van der Waals surface area contributed by atoms with Gasteiger partial charge in [0.25, 0.3) is 0 Å². The summed E-state index contributed by atoms with van der Waals surface area (Å²) >= 11 is 0. The number of carboxylic acids is 1. The first-order valence-corrected chi connectivity index (χ1v) is 5.72. The quantitative estimate of drug-likeness (QED) is 0.697. The van der Waals surface area contributed by atoms with E-state index in [1.807, 2.05) is 13.8 Å². The molecule has 6 heteroatoms. The summed E-state index contributed by atoms with van der Waals surface area (Å²) < 4.78 is 10.6. The largest absolute Gasteiger partial charge is 0.481 e. The molecule has 0 spiro atoms. The molecule has 1 heterocycles. The van der Waals surface area contributed by atoms with Crippen LogP contribution in [0.2, 0.25) is 0 Å². The van der Waals surface area contributed by atoms with E-state index in [4.69, 9.17) is 14.3 Å². The Bertz CT molecular complexity index is 351. The van der Waals surface area contributed by atoms with Crippen molar-refractivity contribution in [1.29, 1.82) is 0 Å². The van der Waals surface area contributed by atoms with E-state index in [1.165, 1.54) is 0 Å². The first-order chi connectivity index (χ1) is 8.11. The molecule has 1 N–H and O–H groups in total. The number of ether oxygens (including phenoxy) is 1. The van der Waals surface area contributed by atoms with Gasteiger partial charge >= 0.3 is 5.97 Å². The highest BCUT2D eigenvalue weighted by Crippen LogP contribution is 2.11. The molecule has 0 saturated carbocycles. The molecule has 6 nitrogen and oxygen atoms in total. The van der Waals surface area contributed by atoms with Crippen LogP contribution in [0.5, 0.6) is 0 Å². The fourth-order valence-electron chi connectivity index (χ4n) is 1.40. The smallest absolute Gasteiger partial charge is 0.303 e. The molecule has 17 heavy (non-hydrogen) atoms. The Morgan fingerprint density at radius 1 is 1.47 bits per heavy atom. The molecule has 0 aromatic carbocycles. The number of aromatic nitrogens is 2. The Labute approximate surface area is 100.0 Å².